The number of hydrogen-bond acceptors (Lipinski definition) is 7. The van der Waals surface area contributed by atoms with E-state index in [1.807, 2.05) is 0 Å². The van der Waals surface area contributed by atoms with Crippen molar-refractivity contribution in [2.45, 2.75) is 45.6 Å². The maximum atomic E-state index is 12.2. The molecule has 2 amide bonds. The van der Waals surface area contributed by atoms with Crippen LogP contribution in [-0.2, 0) is 16.0 Å². The number of aromatic nitrogens is 2. The molecule has 3 rings (SSSR count). The van der Waals surface area contributed by atoms with Crippen molar-refractivity contribution in [3.05, 3.63) is 29.8 Å². The number of amides is 2. The van der Waals surface area contributed by atoms with Gasteiger partial charge in [-0.1, -0.05) is 23.5 Å². The summed E-state index contributed by atoms with van der Waals surface area (Å²) in [5.41, 5.74) is 1.45. The topological polar surface area (TPSA) is 96.4 Å². The summed E-state index contributed by atoms with van der Waals surface area (Å²) in [5, 5.41) is 15.1. The van der Waals surface area contributed by atoms with Gasteiger partial charge in [-0.25, -0.2) is 4.79 Å². The molecule has 28 heavy (non-hydrogen) atoms. The first kappa shape index (κ1) is 20.1. The minimum absolute atomic E-state index is 0.211. The third-order valence-electron chi connectivity index (χ3n) is 4.55. The number of anilines is 3. The van der Waals surface area contributed by atoms with Crippen molar-refractivity contribution in [1.29, 1.82) is 0 Å². The van der Waals surface area contributed by atoms with Crippen molar-refractivity contribution in [1.82, 2.24) is 10.2 Å². The van der Waals surface area contributed by atoms with Gasteiger partial charge in [-0.3, -0.25) is 10.1 Å². The highest BCUT2D eigenvalue weighted by atomic mass is 32.1. The minimum atomic E-state index is -0.382. The molecule has 0 aliphatic carbocycles. The number of benzene rings is 1. The number of esters is 1. The zero-order valence-corrected chi connectivity index (χ0v) is 16.9. The number of rotatable bonds is 6. The van der Waals surface area contributed by atoms with E-state index >= 15 is 0 Å². The van der Waals surface area contributed by atoms with E-state index in [9.17, 15) is 9.59 Å². The zero-order valence-electron chi connectivity index (χ0n) is 16.1. The van der Waals surface area contributed by atoms with Crippen molar-refractivity contribution in [2.75, 3.05) is 28.7 Å². The maximum Gasteiger partial charge on any atom is 0.325 e. The van der Waals surface area contributed by atoms with Crippen LogP contribution in [0.2, 0.25) is 0 Å². The second kappa shape index (κ2) is 9.50. The summed E-state index contributed by atoms with van der Waals surface area (Å²) in [5.74, 6) is -0.268. The Bertz CT molecular complexity index is 808. The van der Waals surface area contributed by atoms with Crippen LogP contribution < -0.4 is 15.5 Å². The molecular weight excluding hydrogens is 378 g/mol. The predicted molar refractivity (Wildman–Crippen MR) is 110 cm³/mol. The molecule has 150 valence electrons. The summed E-state index contributed by atoms with van der Waals surface area (Å²) in [6, 6.07) is 7.12. The van der Waals surface area contributed by atoms with Gasteiger partial charge in [0.25, 0.3) is 0 Å². The molecule has 0 radical (unpaired) electrons. The Kier molecular flexibility index (Phi) is 6.80. The molecule has 2 heterocycles. The van der Waals surface area contributed by atoms with E-state index in [-0.39, 0.29) is 18.4 Å². The van der Waals surface area contributed by atoms with Crippen LogP contribution in [0.25, 0.3) is 0 Å². The molecule has 9 heteroatoms. The standard InChI is InChI=1S/C19H25N5O3S/c1-3-27-16(25)12-14-7-9-15(10-8-14)20-17(26)21-18-22-23-19(28-18)24-11-5-4-6-13(24)2/h7-10,13H,3-6,11-12H2,1-2H3,(H2,20,21,22,26)/t13-/m1/s1. The number of carbonyl (C=O) groups excluding carboxylic acids is 2. The number of piperidine rings is 1. The van der Waals surface area contributed by atoms with Crippen LogP contribution in [0.3, 0.4) is 0 Å². The Morgan fingerprint density at radius 2 is 2.00 bits per heavy atom. The Hall–Kier alpha value is -2.68. The van der Waals surface area contributed by atoms with Gasteiger partial charge in [0.2, 0.25) is 10.3 Å². The van der Waals surface area contributed by atoms with E-state index in [0.717, 1.165) is 30.1 Å². The van der Waals surface area contributed by atoms with Gasteiger partial charge in [-0.05, 0) is 50.8 Å². The number of ether oxygens (including phenoxy) is 1. The van der Waals surface area contributed by atoms with Gasteiger partial charge in [-0.15, -0.1) is 10.2 Å². The molecule has 1 atom stereocenters. The van der Waals surface area contributed by atoms with Crippen LogP contribution in [0.1, 0.15) is 38.7 Å². The van der Waals surface area contributed by atoms with E-state index < -0.39 is 0 Å². The van der Waals surface area contributed by atoms with Gasteiger partial charge in [0.1, 0.15) is 0 Å². The lowest BCUT2D eigenvalue weighted by molar-refractivity contribution is -0.142. The van der Waals surface area contributed by atoms with Gasteiger partial charge < -0.3 is 15.0 Å². The summed E-state index contributed by atoms with van der Waals surface area (Å²) in [4.78, 5) is 25.9. The van der Waals surface area contributed by atoms with E-state index in [1.165, 1.54) is 17.8 Å². The van der Waals surface area contributed by atoms with Gasteiger partial charge in [0, 0.05) is 18.3 Å². The van der Waals surface area contributed by atoms with Crippen LogP contribution >= 0.6 is 11.3 Å². The van der Waals surface area contributed by atoms with Crippen molar-refractivity contribution >= 4 is 39.3 Å². The fraction of sp³-hybridized carbons (Fsp3) is 0.474. The molecule has 1 aromatic heterocycles. The average molecular weight is 404 g/mol. The van der Waals surface area contributed by atoms with E-state index in [2.05, 4.69) is 32.7 Å². The highest BCUT2D eigenvalue weighted by Gasteiger charge is 2.22. The lowest BCUT2D eigenvalue weighted by Gasteiger charge is -2.32. The fourth-order valence-electron chi connectivity index (χ4n) is 3.11. The molecule has 2 N–H and O–H groups in total. The summed E-state index contributed by atoms with van der Waals surface area (Å²) < 4.78 is 4.93. The third-order valence-corrected chi connectivity index (χ3v) is 5.42. The number of nitrogens with one attached hydrogen (secondary N) is 2. The normalized spacial score (nSPS) is 16.5. The quantitative estimate of drug-likeness (QED) is 0.715. The SMILES string of the molecule is CCOC(=O)Cc1ccc(NC(=O)Nc2nnc(N3CCCC[C@H]3C)s2)cc1. The van der Waals surface area contributed by atoms with Crippen molar-refractivity contribution in [2.24, 2.45) is 0 Å². The first-order chi connectivity index (χ1) is 13.5. The van der Waals surface area contributed by atoms with Gasteiger partial charge in [0.15, 0.2) is 0 Å². The number of nitrogens with zero attached hydrogens (tertiary/aromatic N) is 3. The van der Waals surface area contributed by atoms with E-state index in [0.29, 0.717) is 23.5 Å². The van der Waals surface area contributed by atoms with Gasteiger partial charge >= 0.3 is 12.0 Å². The summed E-state index contributed by atoms with van der Waals surface area (Å²) in [6.45, 7) is 5.30. The number of hydrogen-bond donors (Lipinski definition) is 2. The summed E-state index contributed by atoms with van der Waals surface area (Å²) in [7, 11) is 0. The summed E-state index contributed by atoms with van der Waals surface area (Å²) >= 11 is 1.38. The molecular formula is C19H25N5O3S. The second-order valence-electron chi connectivity index (χ2n) is 6.69. The molecule has 0 unspecified atom stereocenters. The maximum absolute atomic E-state index is 12.2. The first-order valence-corrected chi connectivity index (χ1v) is 10.3. The molecule has 1 aromatic carbocycles. The third kappa shape index (κ3) is 5.41. The van der Waals surface area contributed by atoms with Crippen LogP contribution in [0.15, 0.2) is 24.3 Å². The zero-order chi connectivity index (χ0) is 19.9. The van der Waals surface area contributed by atoms with Crippen LogP contribution in [0.5, 0.6) is 0 Å². The lowest BCUT2D eigenvalue weighted by Crippen LogP contribution is -2.37. The Morgan fingerprint density at radius 1 is 1.21 bits per heavy atom. The smallest absolute Gasteiger partial charge is 0.325 e. The molecule has 0 spiro atoms. The summed E-state index contributed by atoms with van der Waals surface area (Å²) in [6.07, 6.45) is 3.75. The lowest BCUT2D eigenvalue weighted by atomic mass is 10.1. The fourth-order valence-corrected chi connectivity index (χ4v) is 3.98. The number of carbonyl (C=O) groups is 2. The molecule has 1 fully saturated rings. The highest BCUT2D eigenvalue weighted by Crippen LogP contribution is 2.29. The van der Waals surface area contributed by atoms with Crippen LogP contribution in [0.4, 0.5) is 20.7 Å². The molecule has 2 aromatic rings. The average Bonchev–Trinajstić information content (AvgIpc) is 3.12. The monoisotopic (exact) mass is 403 g/mol. The van der Waals surface area contributed by atoms with Crippen molar-refractivity contribution in [3.8, 4) is 0 Å². The van der Waals surface area contributed by atoms with Gasteiger partial charge in [-0.2, -0.15) is 0 Å². The molecule has 0 saturated carbocycles. The largest absolute Gasteiger partial charge is 0.466 e. The van der Waals surface area contributed by atoms with Crippen LogP contribution in [0, 0.1) is 0 Å². The van der Waals surface area contributed by atoms with E-state index in [4.69, 9.17) is 4.74 Å². The Labute approximate surface area is 168 Å². The molecule has 1 aliphatic heterocycles. The molecule has 8 nitrogen and oxygen atoms in total. The molecule has 1 aliphatic rings. The Morgan fingerprint density at radius 3 is 2.71 bits per heavy atom. The van der Waals surface area contributed by atoms with Crippen molar-refractivity contribution in [3.63, 3.8) is 0 Å². The second-order valence-corrected chi connectivity index (χ2v) is 7.64. The minimum Gasteiger partial charge on any atom is -0.466 e. The number of urea groups is 1. The van der Waals surface area contributed by atoms with E-state index in [1.54, 1.807) is 31.2 Å². The molecule has 0 bridgehead atoms. The molecule has 1 saturated heterocycles. The van der Waals surface area contributed by atoms with Crippen LogP contribution in [-0.4, -0.2) is 41.4 Å². The Balaban J connectivity index is 1.52. The highest BCUT2D eigenvalue weighted by molar-refractivity contribution is 7.19. The first-order valence-electron chi connectivity index (χ1n) is 9.48. The van der Waals surface area contributed by atoms with Crippen molar-refractivity contribution < 1.29 is 14.3 Å². The van der Waals surface area contributed by atoms with Gasteiger partial charge in [0.05, 0.1) is 13.0 Å². The predicted octanol–water partition coefficient (Wildman–Crippen LogP) is 3.67.